The van der Waals surface area contributed by atoms with Gasteiger partial charge >= 0.3 is 0 Å². The Bertz CT molecular complexity index is 896. The van der Waals surface area contributed by atoms with Crippen LogP contribution in [-0.4, -0.2) is 10.2 Å². The molecule has 0 aromatic heterocycles. The topological polar surface area (TPSA) is 49.7 Å². The van der Waals surface area contributed by atoms with Crippen molar-refractivity contribution in [2.45, 2.75) is 6.10 Å². The van der Waals surface area contributed by atoms with Crippen LogP contribution >= 0.6 is 0 Å². The molecule has 1 heterocycles. The minimum absolute atomic E-state index is 0.182. The van der Waals surface area contributed by atoms with Crippen LogP contribution in [0.15, 0.2) is 72.8 Å². The van der Waals surface area contributed by atoms with Crippen LogP contribution in [0, 0.1) is 0 Å². The van der Waals surface area contributed by atoms with Crippen LogP contribution in [0.2, 0.25) is 0 Å². The molecule has 3 aromatic rings. The first-order valence-electron chi connectivity index (χ1n) is 7.76. The van der Waals surface area contributed by atoms with E-state index in [1.807, 2.05) is 48.5 Å². The predicted molar refractivity (Wildman–Crippen MR) is 93.9 cm³/mol. The van der Waals surface area contributed by atoms with Crippen molar-refractivity contribution < 1.29 is 14.9 Å². The molecular formula is C21H16O3. The summed E-state index contributed by atoms with van der Waals surface area (Å²) >= 11 is 0. The molecule has 0 aliphatic carbocycles. The van der Waals surface area contributed by atoms with E-state index in [9.17, 15) is 10.2 Å². The third kappa shape index (κ3) is 2.61. The second kappa shape index (κ2) is 5.78. The monoisotopic (exact) mass is 316 g/mol. The first kappa shape index (κ1) is 14.4. The number of hydrogen-bond donors (Lipinski definition) is 2. The second-order valence-electron chi connectivity index (χ2n) is 5.78. The van der Waals surface area contributed by atoms with Crippen molar-refractivity contribution in [3.05, 3.63) is 89.5 Å². The lowest BCUT2D eigenvalue weighted by molar-refractivity contribution is 0.260. The van der Waals surface area contributed by atoms with Crippen LogP contribution in [0.3, 0.4) is 0 Å². The normalized spacial score (nSPS) is 16.0. The lowest BCUT2D eigenvalue weighted by atomic mass is 9.91. The van der Waals surface area contributed by atoms with Gasteiger partial charge in [-0.3, -0.25) is 0 Å². The number of phenols is 2. The summed E-state index contributed by atoms with van der Waals surface area (Å²) in [5, 5.41) is 19.3. The molecule has 3 aromatic carbocycles. The van der Waals surface area contributed by atoms with E-state index in [2.05, 4.69) is 6.08 Å². The Morgan fingerprint density at radius 1 is 0.750 bits per heavy atom. The van der Waals surface area contributed by atoms with Gasteiger partial charge in [0.15, 0.2) is 0 Å². The smallest absolute Gasteiger partial charge is 0.149 e. The van der Waals surface area contributed by atoms with E-state index in [4.69, 9.17) is 4.74 Å². The van der Waals surface area contributed by atoms with Crippen LogP contribution in [0.25, 0.3) is 11.6 Å². The average molecular weight is 316 g/mol. The van der Waals surface area contributed by atoms with E-state index in [-0.39, 0.29) is 17.6 Å². The van der Waals surface area contributed by atoms with Crippen molar-refractivity contribution in [3.8, 4) is 17.2 Å². The Hall–Kier alpha value is -3.20. The molecule has 0 saturated carbocycles. The third-order valence-electron chi connectivity index (χ3n) is 4.14. The zero-order valence-corrected chi connectivity index (χ0v) is 12.9. The Balaban J connectivity index is 1.87. The summed E-state index contributed by atoms with van der Waals surface area (Å²) in [5.41, 5.74) is 3.95. The molecule has 0 saturated heterocycles. The highest BCUT2D eigenvalue weighted by Crippen LogP contribution is 2.43. The molecule has 3 nitrogen and oxygen atoms in total. The van der Waals surface area contributed by atoms with Crippen molar-refractivity contribution in [1.29, 1.82) is 0 Å². The summed E-state index contributed by atoms with van der Waals surface area (Å²) in [6.45, 7) is 0. The van der Waals surface area contributed by atoms with Gasteiger partial charge in [-0.1, -0.05) is 42.5 Å². The third-order valence-corrected chi connectivity index (χ3v) is 4.14. The highest BCUT2D eigenvalue weighted by Gasteiger charge is 2.25. The van der Waals surface area contributed by atoms with Crippen molar-refractivity contribution in [1.82, 2.24) is 0 Å². The Morgan fingerprint density at radius 2 is 1.46 bits per heavy atom. The zero-order chi connectivity index (χ0) is 16.5. The summed E-state index contributed by atoms with van der Waals surface area (Å²) in [4.78, 5) is 0. The molecule has 0 fully saturated rings. The molecule has 0 amide bonds. The standard InChI is InChI=1S/C21H16O3/c22-17-9-6-14(7-10-17)19-12-16-8-11-18(23)13-20(16)24-21(19)15-4-2-1-3-5-15/h1-13,21-23H. The van der Waals surface area contributed by atoms with Gasteiger partial charge in [0.25, 0.3) is 0 Å². The minimum atomic E-state index is -0.273. The minimum Gasteiger partial charge on any atom is -0.508 e. The first-order valence-corrected chi connectivity index (χ1v) is 7.76. The zero-order valence-electron chi connectivity index (χ0n) is 12.9. The number of rotatable bonds is 2. The Kier molecular flexibility index (Phi) is 3.47. The highest BCUT2D eigenvalue weighted by atomic mass is 16.5. The van der Waals surface area contributed by atoms with Gasteiger partial charge in [-0.15, -0.1) is 0 Å². The van der Waals surface area contributed by atoms with E-state index >= 15 is 0 Å². The van der Waals surface area contributed by atoms with Gasteiger partial charge in [0.05, 0.1) is 0 Å². The molecule has 1 aliphatic heterocycles. The predicted octanol–water partition coefficient (Wildman–Crippen LogP) is 4.77. The fraction of sp³-hybridized carbons (Fsp3) is 0.0476. The maximum absolute atomic E-state index is 9.73. The van der Waals surface area contributed by atoms with Gasteiger partial charge in [-0.05, 0) is 41.5 Å². The van der Waals surface area contributed by atoms with Gasteiger partial charge in [0.2, 0.25) is 0 Å². The molecular weight excluding hydrogens is 300 g/mol. The molecule has 24 heavy (non-hydrogen) atoms. The summed E-state index contributed by atoms with van der Waals surface area (Å²) in [6, 6.07) is 22.2. The van der Waals surface area contributed by atoms with Gasteiger partial charge < -0.3 is 14.9 Å². The molecule has 1 unspecified atom stereocenters. The molecule has 1 atom stereocenters. The van der Waals surface area contributed by atoms with Gasteiger partial charge in [-0.2, -0.15) is 0 Å². The van der Waals surface area contributed by atoms with Crippen LogP contribution < -0.4 is 4.74 Å². The lowest BCUT2D eigenvalue weighted by Gasteiger charge is -2.28. The van der Waals surface area contributed by atoms with E-state index in [1.54, 1.807) is 24.3 Å². The van der Waals surface area contributed by atoms with E-state index in [0.717, 1.165) is 22.3 Å². The largest absolute Gasteiger partial charge is 0.508 e. The average Bonchev–Trinajstić information content (AvgIpc) is 2.62. The molecule has 2 N–H and O–H groups in total. The number of hydrogen-bond acceptors (Lipinski definition) is 3. The van der Waals surface area contributed by atoms with Crippen LogP contribution in [0.5, 0.6) is 17.2 Å². The SMILES string of the molecule is Oc1ccc(C2=Cc3ccc(O)cc3OC2c2ccccc2)cc1. The molecule has 4 rings (SSSR count). The van der Waals surface area contributed by atoms with Crippen molar-refractivity contribution in [3.63, 3.8) is 0 Å². The van der Waals surface area contributed by atoms with Crippen LogP contribution in [-0.2, 0) is 0 Å². The maximum atomic E-state index is 9.73. The van der Waals surface area contributed by atoms with Gasteiger partial charge in [-0.25, -0.2) is 0 Å². The molecule has 0 bridgehead atoms. The second-order valence-corrected chi connectivity index (χ2v) is 5.78. The maximum Gasteiger partial charge on any atom is 0.149 e. The summed E-state index contributed by atoms with van der Waals surface area (Å²) in [7, 11) is 0. The number of ether oxygens (including phenoxy) is 1. The Labute approximate surface area is 140 Å². The van der Waals surface area contributed by atoms with Crippen LogP contribution in [0.1, 0.15) is 22.8 Å². The summed E-state index contributed by atoms with van der Waals surface area (Å²) in [6.07, 6.45) is 1.80. The molecule has 1 aliphatic rings. The number of aromatic hydroxyl groups is 2. The van der Waals surface area contributed by atoms with Gasteiger partial charge in [0, 0.05) is 17.2 Å². The van der Waals surface area contributed by atoms with E-state index in [1.165, 1.54) is 0 Å². The van der Waals surface area contributed by atoms with Crippen molar-refractivity contribution in [2.75, 3.05) is 0 Å². The van der Waals surface area contributed by atoms with Crippen molar-refractivity contribution >= 4 is 11.6 Å². The summed E-state index contributed by atoms with van der Waals surface area (Å²) < 4.78 is 6.21. The summed E-state index contributed by atoms with van der Waals surface area (Å²) in [5.74, 6) is 1.08. The fourth-order valence-electron chi connectivity index (χ4n) is 2.94. The van der Waals surface area contributed by atoms with E-state index < -0.39 is 0 Å². The molecule has 3 heteroatoms. The number of fused-ring (bicyclic) bond motifs is 1. The van der Waals surface area contributed by atoms with E-state index in [0.29, 0.717) is 5.75 Å². The van der Waals surface area contributed by atoms with Crippen LogP contribution in [0.4, 0.5) is 0 Å². The molecule has 0 spiro atoms. The highest BCUT2D eigenvalue weighted by molar-refractivity contribution is 5.88. The fourth-order valence-corrected chi connectivity index (χ4v) is 2.94. The first-order chi connectivity index (χ1) is 11.7. The molecule has 0 radical (unpaired) electrons. The number of phenolic OH excluding ortho intramolecular Hbond substituents is 2. The number of benzene rings is 3. The van der Waals surface area contributed by atoms with Gasteiger partial charge in [0.1, 0.15) is 23.4 Å². The molecule has 118 valence electrons. The van der Waals surface area contributed by atoms with Crippen molar-refractivity contribution in [2.24, 2.45) is 0 Å². The lowest BCUT2D eigenvalue weighted by Crippen LogP contribution is -2.14. The quantitative estimate of drug-likeness (QED) is 0.716. The Morgan fingerprint density at radius 3 is 2.21 bits per heavy atom.